The van der Waals surface area contributed by atoms with Crippen LogP contribution in [0.25, 0.3) is 0 Å². The summed E-state index contributed by atoms with van der Waals surface area (Å²) in [7, 11) is 0. The topological polar surface area (TPSA) is 116 Å². The first-order valence-electron chi connectivity index (χ1n) is 11.5. The minimum absolute atomic E-state index is 0.0273. The van der Waals surface area contributed by atoms with E-state index in [1.54, 1.807) is 0 Å². The van der Waals surface area contributed by atoms with Crippen LogP contribution in [-0.2, 0) is 19.2 Å². The fraction of sp³-hybridized carbons (Fsp3) is 0.826. The third kappa shape index (κ3) is 14.5. The van der Waals surface area contributed by atoms with E-state index in [4.69, 9.17) is 0 Å². The number of nitrogens with one attached hydrogen (secondary N) is 4. The molecule has 0 aromatic heterocycles. The van der Waals surface area contributed by atoms with Crippen molar-refractivity contribution in [2.45, 2.75) is 112 Å². The van der Waals surface area contributed by atoms with Crippen molar-refractivity contribution < 1.29 is 19.2 Å². The van der Waals surface area contributed by atoms with Gasteiger partial charge in [-0.3, -0.25) is 19.2 Å². The lowest BCUT2D eigenvalue weighted by atomic mass is 9.86. The maximum absolute atomic E-state index is 12.8. The Morgan fingerprint density at radius 2 is 0.806 bits per heavy atom. The number of hydrogen-bond donors (Lipinski definition) is 4. The average molecular weight is 441 g/mol. The summed E-state index contributed by atoms with van der Waals surface area (Å²) in [5, 5.41) is 11.5. The molecule has 0 aliphatic carbocycles. The van der Waals surface area contributed by atoms with Crippen LogP contribution >= 0.6 is 0 Å². The Bertz CT molecular complexity index is 538. The number of amides is 4. The van der Waals surface area contributed by atoms with Gasteiger partial charge in [-0.25, -0.2) is 0 Å². The summed E-state index contributed by atoms with van der Waals surface area (Å²) in [6, 6.07) is -0.0301. The van der Waals surface area contributed by atoms with E-state index < -0.39 is 11.8 Å². The molecule has 0 saturated heterocycles. The summed E-state index contributed by atoms with van der Waals surface area (Å²) in [6.45, 7) is 15.0. The summed E-state index contributed by atoms with van der Waals surface area (Å²) in [5.41, 5.74) is 0. The summed E-state index contributed by atoms with van der Waals surface area (Å²) in [5.74, 6) is -1.54. The van der Waals surface area contributed by atoms with Gasteiger partial charge in [0.15, 0.2) is 0 Å². The molecule has 0 radical (unpaired) electrons. The van der Waals surface area contributed by atoms with E-state index >= 15 is 0 Å². The summed E-state index contributed by atoms with van der Waals surface area (Å²) < 4.78 is 0. The Morgan fingerprint density at radius 3 is 1.06 bits per heavy atom. The van der Waals surface area contributed by atoms with Crippen LogP contribution in [0.5, 0.6) is 0 Å². The second-order valence-corrected chi connectivity index (χ2v) is 9.48. The lowest BCUT2D eigenvalue weighted by Crippen LogP contribution is -2.41. The summed E-state index contributed by atoms with van der Waals surface area (Å²) in [4.78, 5) is 49.8. The van der Waals surface area contributed by atoms with Crippen LogP contribution in [0, 0.1) is 11.8 Å². The highest BCUT2D eigenvalue weighted by atomic mass is 16.2. The number of carbonyl (C=O) groups is 4. The van der Waals surface area contributed by atoms with Crippen molar-refractivity contribution in [3.63, 3.8) is 0 Å². The molecule has 4 N–H and O–H groups in total. The second-order valence-electron chi connectivity index (χ2n) is 9.48. The largest absolute Gasteiger partial charge is 0.354 e. The van der Waals surface area contributed by atoms with E-state index in [2.05, 4.69) is 21.3 Å². The molecule has 0 spiro atoms. The molecule has 180 valence electrons. The highest BCUT2D eigenvalue weighted by Crippen LogP contribution is 2.23. The highest BCUT2D eigenvalue weighted by Gasteiger charge is 2.29. The molecule has 8 heteroatoms. The monoisotopic (exact) mass is 440 g/mol. The second kappa shape index (κ2) is 14.8. The van der Waals surface area contributed by atoms with Gasteiger partial charge in [0.05, 0.1) is 0 Å². The van der Waals surface area contributed by atoms with Crippen molar-refractivity contribution in [1.29, 1.82) is 0 Å². The minimum atomic E-state index is -0.489. The fourth-order valence-corrected chi connectivity index (χ4v) is 3.26. The van der Waals surface area contributed by atoms with E-state index in [1.807, 2.05) is 55.4 Å². The lowest BCUT2D eigenvalue weighted by Gasteiger charge is -2.24. The molecule has 0 aromatic rings. The first kappa shape index (κ1) is 28.9. The first-order valence-corrected chi connectivity index (χ1v) is 11.5. The molecule has 0 aliphatic heterocycles. The van der Waals surface area contributed by atoms with E-state index in [0.29, 0.717) is 19.3 Å². The average Bonchev–Trinajstić information content (AvgIpc) is 2.58. The van der Waals surface area contributed by atoms with Crippen molar-refractivity contribution in [2.24, 2.45) is 11.8 Å². The van der Waals surface area contributed by atoms with Crippen LogP contribution in [0.3, 0.4) is 0 Å². The van der Waals surface area contributed by atoms with Crippen LogP contribution in [-0.4, -0.2) is 47.8 Å². The van der Waals surface area contributed by atoms with E-state index in [-0.39, 0.29) is 60.6 Å². The van der Waals surface area contributed by atoms with Crippen molar-refractivity contribution in [3.8, 4) is 0 Å². The minimum Gasteiger partial charge on any atom is -0.354 e. The normalized spacial score (nSPS) is 13.3. The lowest BCUT2D eigenvalue weighted by molar-refractivity contribution is -0.129. The molecule has 0 unspecified atom stereocenters. The highest BCUT2D eigenvalue weighted by molar-refractivity contribution is 5.84. The van der Waals surface area contributed by atoms with Gasteiger partial charge in [0.1, 0.15) is 0 Å². The van der Waals surface area contributed by atoms with Gasteiger partial charge < -0.3 is 21.3 Å². The maximum Gasteiger partial charge on any atom is 0.223 e. The van der Waals surface area contributed by atoms with Crippen molar-refractivity contribution in [3.05, 3.63) is 0 Å². The number of rotatable bonds is 14. The molecule has 0 aromatic carbocycles. The molecule has 4 amide bonds. The van der Waals surface area contributed by atoms with Gasteiger partial charge in [-0.15, -0.1) is 0 Å². The van der Waals surface area contributed by atoms with Crippen LogP contribution in [0.4, 0.5) is 0 Å². The van der Waals surface area contributed by atoms with Gasteiger partial charge >= 0.3 is 0 Å². The molecule has 0 saturated carbocycles. The van der Waals surface area contributed by atoms with Crippen molar-refractivity contribution in [2.75, 3.05) is 0 Å². The summed E-state index contributed by atoms with van der Waals surface area (Å²) in [6.07, 6.45) is 1.41. The van der Waals surface area contributed by atoms with Crippen LogP contribution < -0.4 is 21.3 Å². The molecule has 0 bridgehead atoms. The quantitative estimate of drug-likeness (QED) is 0.331. The van der Waals surface area contributed by atoms with E-state index in [1.165, 1.54) is 0 Å². The van der Waals surface area contributed by atoms with Crippen LogP contribution in [0.15, 0.2) is 0 Å². The molecule has 0 aliphatic rings. The zero-order chi connectivity index (χ0) is 24.1. The van der Waals surface area contributed by atoms with Crippen LogP contribution in [0.1, 0.15) is 87.5 Å². The molecule has 8 nitrogen and oxygen atoms in total. The van der Waals surface area contributed by atoms with E-state index in [9.17, 15) is 19.2 Å². The Hall–Kier alpha value is -2.12. The molecular weight excluding hydrogens is 396 g/mol. The number of hydrogen-bond acceptors (Lipinski definition) is 4. The molecule has 0 fully saturated rings. The van der Waals surface area contributed by atoms with Crippen LogP contribution in [0.2, 0.25) is 0 Å². The molecule has 0 rings (SSSR count). The smallest absolute Gasteiger partial charge is 0.223 e. The van der Waals surface area contributed by atoms with E-state index in [0.717, 1.165) is 0 Å². The van der Waals surface area contributed by atoms with Gasteiger partial charge in [-0.05, 0) is 74.7 Å². The summed E-state index contributed by atoms with van der Waals surface area (Å²) >= 11 is 0. The molecule has 0 heterocycles. The number of carbonyl (C=O) groups excluding carboxylic acids is 4. The molecule has 31 heavy (non-hydrogen) atoms. The first-order chi connectivity index (χ1) is 14.3. The van der Waals surface area contributed by atoms with Gasteiger partial charge in [0, 0.05) is 48.8 Å². The molecular formula is C23H44N4O4. The zero-order valence-corrected chi connectivity index (χ0v) is 20.6. The van der Waals surface area contributed by atoms with Gasteiger partial charge in [0.25, 0.3) is 0 Å². The Kier molecular flexibility index (Phi) is 13.8. The standard InChI is InChI=1S/C23H44N4O4/c1-14(2)24-20(28)11-9-18(22(30)26-16(5)6)13-19(23(31)27-17(7)8)10-12-21(29)25-15(3)4/h14-19H,9-13H2,1-8H3,(H,24,28)(H,25,29)(H,26,30)(H,27,31)/t18-,19+. The van der Waals surface area contributed by atoms with Crippen molar-refractivity contribution in [1.82, 2.24) is 21.3 Å². The molecule has 2 atom stereocenters. The fourth-order valence-electron chi connectivity index (χ4n) is 3.26. The SMILES string of the molecule is CC(C)NC(=O)CC[C@H](C[C@H](CCC(=O)NC(C)C)C(=O)NC(C)C)C(=O)NC(C)C. The predicted molar refractivity (Wildman–Crippen MR) is 123 cm³/mol. The van der Waals surface area contributed by atoms with Gasteiger partial charge in [-0.1, -0.05) is 0 Å². The third-order valence-corrected chi connectivity index (χ3v) is 4.51. The maximum atomic E-state index is 12.8. The Morgan fingerprint density at radius 1 is 0.516 bits per heavy atom. The van der Waals surface area contributed by atoms with Gasteiger partial charge in [-0.2, -0.15) is 0 Å². The van der Waals surface area contributed by atoms with Crippen molar-refractivity contribution >= 4 is 23.6 Å². The Labute approximate surface area is 188 Å². The Balaban J connectivity index is 5.35. The van der Waals surface area contributed by atoms with Gasteiger partial charge in [0.2, 0.25) is 23.6 Å². The predicted octanol–water partition coefficient (Wildman–Crippen LogP) is 2.27. The zero-order valence-electron chi connectivity index (χ0n) is 20.6. The third-order valence-electron chi connectivity index (χ3n) is 4.51.